The molecule has 10 heteroatoms. The van der Waals surface area contributed by atoms with Gasteiger partial charge in [-0.3, -0.25) is 4.79 Å². The molecular weight excluding hydrogens is 441 g/mol. The van der Waals surface area contributed by atoms with Crippen LogP contribution in [-0.2, 0) is 0 Å². The summed E-state index contributed by atoms with van der Waals surface area (Å²) >= 11 is 0. The summed E-state index contributed by atoms with van der Waals surface area (Å²) in [6, 6.07) is 4.22. The second kappa shape index (κ2) is 8.92. The number of nitrogens with zero attached hydrogens (tertiary/aromatic N) is 3. The maximum atomic E-state index is 14.2. The number of aryl methyl sites for hydroxylation is 1. The summed E-state index contributed by atoms with van der Waals surface area (Å²) in [6.45, 7) is 3.11. The highest BCUT2D eigenvalue weighted by atomic mass is 19.1. The van der Waals surface area contributed by atoms with Gasteiger partial charge in [0.05, 0.1) is 17.7 Å². The van der Waals surface area contributed by atoms with Gasteiger partial charge >= 0.3 is 6.09 Å². The minimum absolute atomic E-state index is 0.126. The van der Waals surface area contributed by atoms with E-state index in [1.54, 1.807) is 13.0 Å². The minimum Gasteiger partial charge on any atom is -0.493 e. The van der Waals surface area contributed by atoms with E-state index in [-0.39, 0.29) is 11.9 Å². The van der Waals surface area contributed by atoms with E-state index < -0.39 is 11.9 Å². The molecule has 1 saturated carbocycles. The summed E-state index contributed by atoms with van der Waals surface area (Å²) in [5.74, 6) is 0.381. The Hall–Kier alpha value is -3.69. The topological polar surface area (TPSA) is 120 Å². The Balaban J connectivity index is 1.43. The van der Waals surface area contributed by atoms with Gasteiger partial charge in [-0.05, 0) is 56.7 Å². The number of aromatic amines is 1. The van der Waals surface area contributed by atoms with E-state index in [0.717, 1.165) is 12.8 Å². The van der Waals surface area contributed by atoms with Gasteiger partial charge in [-0.25, -0.2) is 19.2 Å². The molecule has 1 aliphatic carbocycles. The Kier molecular flexibility index (Phi) is 5.80. The Morgan fingerprint density at radius 1 is 1.24 bits per heavy atom. The molecule has 3 N–H and O–H groups in total. The van der Waals surface area contributed by atoms with Crippen molar-refractivity contribution in [2.24, 2.45) is 5.92 Å². The lowest BCUT2D eigenvalue weighted by atomic mass is 10.0. The molecule has 0 radical (unpaired) electrons. The van der Waals surface area contributed by atoms with Gasteiger partial charge in [0.1, 0.15) is 29.1 Å². The first-order valence-corrected chi connectivity index (χ1v) is 11.5. The van der Waals surface area contributed by atoms with Gasteiger partial charge in [-0.2, -0.15) is 0 Å². The second-order valence-electron chi connectivity index (χ2n) is 8.98. The van der Waals surface area contributed by atoms with E-state index in [9.17, 15) is 14.0 Å². The number of nitrogens with one attached hydrogen (secondary N) is 2. The molecule has 0 unspecified atom stereocenters. The van der Waals surface area contributed by atoms with Crippen LogP contribution >= 0.6 is 0 Å². The first-order chi connectivity index (χ1) is 16.4. The summed E-state index contributed by atoms with van der Waals surface area (Å²) in [6.07, 6.45) is 3.78. The van der Waals surface area contributed by atoms with Crippen LogP contribution in [0.2, 0.25) is 0 Å². The fourth-order valence-electron chi connectivity index (χ4n) is 4.38. The van der Waals surface area contributed by atoms with Crippen molar-refractivity contribution in [1.29, 1.82) is 0 Å². The number of hydrogen-bond donors (Lipinski definition) is 3. The number of piperidine rings is 1. The highest BCUT2D eigenvalue weighted by Gasteiger charge is 2.27. The first kappa shape index (κ1) is 22.1. The Labute approximate surface area is 195 Å². The Morgan fingerprint density at radius 2 is 2.00 bits per heavy atom. The molecule has 2 aromatic heterocycles. The van der Waals surface area contributed by atoms with Crippen LogP contribution < -0.4 is 10.1 Å². The molecule has 34 heavy (non-hydrogen) atoms. The van der Waals surface area contributed by atoms with Crippen molar-refractivity contribution in [1.82, 2.24) is 25.2 Å². The lowest BCUT2D eigenvalue weighted by Crippen LogP contribution is -2.46. The number of carbonyl (C=O) groups excluding carboxylic acids is 1. The van der Waals surface area contributed by atoms with Crippen molar-refractivity contribution in [3.63, 3.8) is 0 Å². The molecule has 1 saturated heterocycles. The van der Waals surface area contributed by atoms with Crippen LogP contribution in [0, 0.1) is 18.7 Å². The molecule has 2 amide bonds. The first-order valence-electron chi connectivity index (χ1n) is 11.5. The molecule has 1 aliphatic heterocycles. The van der Waals surface area contributed by atoms with Gasteiger partial charge in [-0.15, -0.1) is 0 Å². The summed E-state index contributed by atoms with van der Waals surface area (Å²) in [7, 11) is 0. The Bertz CT molecular complexity index is 1250. The molecule has 0 bridgehead atoms. The molecule has 0 atom stereocenters. The minimum atomic E-state index is -0.945. The number of hydrogen-bond acceptors (Lipinski definition) is 5. The highest BCUT2D eigenvalue weighted by molar-refractivity contribution is 6.09. The number of benzene rings is 1. The van der Waals surface area contributed by atoms with E-state index >= 15 is 0 Å². The smallest absolute Gasteiger partial charge is 0.407 e. The van der Waals surface area contributed by atoms with Crippen LogP contribution in [-0.4, -0.2) is 62.7 Å². The van der Waals surface area contributed by atoms with Crippen molar-refractivity contribution in [3.8, 4) is 17.0 Å². The number of aromatic nitrogens is 3. The second-order valence-corrected chi connectivity index (χ2v) is 8.98. The Morgan fingerprint density at radius 3 is 2.71 bits per heavy atom. The van der Waals surface area contributed by atoms with E-state index in [1.807, 2.05) is 0 Å². The average Bonchev–Trinajstić information content (AvgIpc) is 3.58. The zero-order chi connectivity index (χ0) is 23.8. The number of rotatable bonds is 6. The third kappa shape index (κ3) is 4.40. The molecule has 178 valence electrons. The van der Waals surface area contributed by atoms with Crippen molar-refractivity contribution in [2.45, 2.75) is 38.6 Å². The normalized spacial score (nSPS) is 16.6. The third-order valence-corrected chi connectivity index (χ3v) is 6.47. The summed E-state index contributed by atoms with van der Waals surface area (Å²) in [5.41, 5.74) is 2.97. The highest BCUT2D eigenvalue weighted by Crippen LogP contribution is 2.36. The SMILES string of the molecule is Cc1[nH]c2c(-c3cc(F)ccc3OCC3CC3)ncnc2c1C(=O)NC1CCN(C(=O)O)CC1. The lowest BCUT2D eigenvalue weighted by molar-refractivity contribution is 0.0908. The number of ether oxygens (including phenoxy) is 1. The van der Waals surface area contributed by atoms with Crippen molar-refractivity contribution < 1.29 is 23.8 Å². The number of carbonyl (C=O) groups is 2. The van der Waals surface area contributed by atoms with Gasteiger partial charge in [0.25, 0.3) is 5.91 Å². The van der Waals surface area contributed by atoms with E-state index in [0.29, 0.717) is 77.8 Å². The molecule has 9 nitrogen and oxygen atoms in total. The molecule has 1 aromatic carbocycles. The maximum absolute atomic E-state index is 14.2. The van der Waals surface area contributed by atoms with Gasteiger partial charge in [-0.1, -0.05) is 0 Å². The fourth-order valence-corrected chi connectivity index (χ4v) is 4.38. The number of likely N-dealkylation sites (tertiary alicyclic amines) is 1. The third-order valence-electron chi connectivity index (χ3n) is 6.47. The molecule has 2 aliphatic rings. The largest absolute Gasteiger partial charge is 0.493 e. The number of H-pyrrole nitrogens is 1. The van der Waals surface area contributed by atoms with Crippen LogP contribution in [0.15, 0.2) is 24.5 Å². The van der Waals surface area contributed by atoms with E-state index in [2.05, 4.69) is 20.3 Å². The number of halogens is 1. The van der Waals surface area contributed by atoms with Crippen LogP contribution in [0.5, 0.6) is 5.75 Å². The van der Waals surface area contributed by atoms with Crippen LogP contribution in [0.3, 0.4) is 0 Å². The molecular formula is C24H26FN5O4. The molecule has 3 aromatic rings. The average molecular weight is 468 g/mol. The standard InChI is InChI=1S/C24H26FN5O4/c1-13-19(23(31)29-16-6-8-30(9-7-16)24(32)33)21-22(28-13)20(26-12-27-21)17-10-15(25)4-5-18(17)34-11-14-2-3-14/h4-5,10,12,14,16,28H,2-3,6-9,11H2,1H3,(H,29,31)(H,32,33). The summed E-state index contributed by atoms with van der Waals surface area (Å²) < 4.78 is 20.1. The predicted molar refractivity (Wildman–Crippen MR) is 122 cm³/mol. The van der Waals surface area contributed by atoms with E-state index in [1.165, 1.54) is 23.4 Å². The van der Waals surface area contributed by atoms with Crippen molar-refractivity contribution in [3.05, 3.63) is 41.6 Å². The monoisotopic (exact) mass is 467 g/mol. The van der Waals surface area contributed by atoms with Crippen LogP contribution in [0.4, 0.5) is 9.18 Å². The predicted octanol–water partition coefficient (Wildman–Crippen LogP) is 3.73. The number of amides is 2. The van der Waals surface area contributed by atoms with Gasteiger partial charge in [0.15, 0.2) is 0 Å². The number of fused-ring (bicyclic) bond motifs is 1. The van der Waals surface area contributed by atoms with Crippen LogP contribution in [0.25, 0.3) is 22.3 Å². The van der Waals surface area contributed by atoms with Crippen molar-refractivity contribution >= 4 is 23.0 Å². The fraction of sp³-hybridized carbons (Fsp3) is 0.417. The maximum Gasteiger partial charge on any atom is 0.407 e. The zero-order valence-corrected chi connectivity index (χ0v) is 18.8. The number of carboxylic acid groups (broad SMARTS) is 1. The van der Waals surface area contributed by atoms with Crippen LogP contribution in [0.1, 0.15) is 41.7 Å². The molecule has 5 rings (SSSR count). The zero-order valence-electron chi connectivity index (χ0n) is 18.8. The summed E-state index contributed by atoms with van der Waals surface area (Å²) in [4.78, 5) is 37.6. The molecule has 3 heterocycles. The van der Waals surface area contributed by atoms with Crippen molar-refractivity contribution in [2.75, 3.05) is 19.7 Å². The van der Waals surface area contributed by atoms with Gasteiger partial charge in [0.2, 0.25) is 0 Å². The molecule has 0 spiro atoms. The van der Waals surface area contributed by atoms with Gasteiger partial charge < -0.3 is 25.0 Å². The van der Waals surface area contributed by atoms with E-state index in [4.69, 9.17) is 9.84 Å². The summed E-state index contributed by atoms with van der Waals surface area (Å²) in [5, 5.41) is 12.1. The van der Waals surface area contributed by atoms with Gasteiger partial charge in [0, 0.05) is 30.4 Å². The molecule has 2 fully saturated rings. The lowest BCUT2D eigenvalue weighted by Gasteiger charge is -2.30. The quantitative estimate of drug-likeness (QED) is 0.508.